The molecule has 0 fully saturated rings. The maximum Gasteiger partial charge on any atom is 0.267 e. The number of carbonyl (C=O) groups excluding carboxylic acids is 2. The minimum Gasteiger partial charge on any atom is -0.378 e. The summed E-state index contributed by atoms with van der Waals surface area (Å²) in [5.74, 6) is -0.613. The Balaban J connectivity index is 1.86. The number of rotatable bonds is 7. The van der Waals surface area contributed by atoms with Gasteiger partial charge < -0.3 is 5.32 Å². The van der Waals surface area contributed by atoms with E-state index in [-0.39, 0.29) is 12.3 Å². The molecule has 0 aliphatic rings. The van der Waals surface area contributed by atoms with Crippen molar-refractivity contribution in [2.45, 2.75) is 0 Å². The lowest BCUT2D eigenvalue weighted by atomic mass is 10.1. The summed E-state index contributed by atoms with van der Waals surface area (Å²) in [6.45, 7) is 0.234. The predicted octanol–water partition coefficient (Wildman–Crippen LogP) is 2.90. The number of hydrogen-bond donors (Lipinski definition) is 3. The van der Waals surface area contributed by atoms with Crippen molar-refractivity contribution in [3.63, 3.8) is 0 Å². The van der Waals surface area contributed by atoms with Gasteiger partial charge in [0.1, 0.15) is 0 Å². The molecule has 0 spiro atoms. The van der Waals surface area contributed by atoms with Gasteiger partial charge in [-0.3, -0.25) is 14.8 Å². The number of ketones is 1. The summed E-state index contributed by atoms with van der Waals surface area (Å²) in [5.41, 5.74) is 4.12. The second-order valence-electron chi connectivity index (χ2n) is 5.00. The Kier molecular flexibility index (Phi) is 6.49. The second-order valence-corrected chi connectivity index (χ2v) is 5.00. The molecule has 0 radical (unpaired) electrons. The summed E-state index contributed by atoms with van der Waals surface area (Å²) in [4.78, 5) is 22.7. The maximum absolute atomic E-state index is 11.8. The standard InChI is InChI=1S/C19H18N2O3/c22-18(14-20-17-4-2-1-3-5-17)12-10-15-6-8-16(9-7-15)11-13-19(23)21-24/h1-13,20,24H,14H2,(H,21,23). The van der Waals surface area contributed by atoms with E-state index in [4.69, 9.17) is 5.21 Å². The van der Waals surface area contributed by atoms with Gasteiger partial charge in [-0.2, -0.15) is 0 Å². The lowest BCUT2D eigenvalue weighted by Gasteiger charge is -2.02. The average Bonchev–Trinajstić information content (AvgIpc) is 2.64. The van der Waals surface area contributed by atoms with Crippen molar-refractivity contribution in [2.75, 3.05) is 11.9 Å². The first kappa shape index (κ1) is 17.2. The molecular formula is C19H18N2O3. The molecule has 122 valence electrons. The van der Waals surface area contributed by atoms with Crippen LogP contribution in [0.4, 0.5) is 5.69 Å². The third-order valence-electron chi connectivity index (χ3n) is 3.18. The molecule has 0 bridgehead atoms. The third kappa shape index (κ3) is 5.90. The zero-order chi connectivity index (χ0) is 17.2. The van der Waals surface area contributed by atoms with E-state index >= 15 is 0 Å². The van der Waals surface area contributed by atoms with E-state index in [0.717, 1.165) is 16.8 Å². The quantitative estimate of drug-likeness (QED) is 0.416. The van der Waals surface area contributed by atoms with Crippen LogP contribution in [0, 0.1) is 0 Å². The fourth-order valence-corrected chi connectivity index (χ4v) is 1.92. The Morgan fingerprint density at radius 3 is 2.04 bits per heavy atom. The lowest BCUT2D eigenvalue weighted by molar-refractivity contribution is -0.124. The van der Waals surface area contributed by atoms with Crippen LogP contribution in [0.2, 0.25) is 0 Å². The van der Waals surface area contributed by atoms with Crippen molar-refractivity contribution in [1.82, 2.24) is 5.48 Å². The molecule has 0 saturated carbocycles. The largest absolute Gasteiger partial charge is 0.378 e. The SMILES string of the molecule is O=C(C=Cc1ccc(C=CC(=O)NO)cc1)CNc1ccccc1. The molecule has 5 heteroatoms. The minimum absolute atomic E-state index is 0.0255. The highest BCUT2D eigenvalue weighted by Crippen LogP contribution is 2.08. The summed E-state index contributed by atoms with van der Waals surface area (Å²) in [6.07, 6.45) is 6.07. The number of hydroxylamine groups is 1. The normalized spacial score (nSPS) is 10.9. The fraction of sp³-hybridized carbons (Fsp3) is 0.0526. The Bertz CT molecular complexity index is 735. The van der Waals surface area contributed by atoms with Crippen molar-refractivity contribution >= 4 is 29.5 Å². The molecule has 0 heterocycles. The molecule has 0 aliphatic carbocycles. The molecule has 1 amide bonds. The zero-order valence-electron chi connectivity index (χ0n) is 13.0. The molecule has 2 aromatic rings. The van der Waals surface area contributed by atoms with E-state index in [1.54, 1.807) is 12.2 Å². The van der Waals surface area contributed by atoms with Crippen LogP contribution in [0.1, 0.15) is 11.1 Å². The molecule has 2 rings (SSSR count). The van der Waals surface area contributed by atoms with E-state index in [1.165, 1.54) is 17.6 Å². The maximum atomic E-state index is 11.8. The highest BCUT2D eigenvalue weighted by molar-refractivity contribution is 5.96. The summed E-state index contributed by atoms with van der Waals surface area (Å²) < 4.78 is 0. The van der Waals surface area contributed by atoms with Crippen molar-refractivity contribution in [3.8, 4) is 0 Å². The van der Waals surface area contributed by atoms with Gasteiger partial charge in [-0.05, 0) is 35.4 Å². The lowest BCUT2D eigenvalue weighted by Crippen LogP contribution is -2.14. The van der Waals surface area contributed by atoms with Crippen LogP contribution >= 0.6 is 0 Å². The monoisotopic (exact) mass is 322 g/mol. The van der Waals surface area contributed by atoms with Crippen molar-refractivity contribution in [1.29, 1.82) is 0 Å². The highest BCUT2D eigenvalue weighted by atomic mass is 16.5. The fourth-order valence-electron chi connectivity index (χ4n) is 1.92. The van der Waals surface area contributed by atoms with Gasteiger partial charge in [-0.15, -0.1) is 0 Å². The number of nitrogens with one attached hydrogen (secondary N) is 2. The summed E-state index contributed by atoms with van der Waals surface area (Å²) >= 11 is 0. The molecule has 5 nitrogen and oxygen atoms in total. The molecule has 0 saturated heterocycles. The van der Waals surface area contributed by atoms with Crippen LogP contribution in [0.15, 0.2) is 66.7 Å². The smallest absolute Gasteiger partial charge is 0.267 e. The number of hydrogen-bond acceptors (Lipinski definition) is 4. The van der Waals surface area contributed by atoms with Crippen LogP contribution in [-0.2, 0) is 9.59 Å². The summed E-state index contributed by atoms with van der Waals surface area (Å²) in [6, 6.07) is 16.8. The minimum atomic E-state index is -0.588. The zero-order valence-corrected chi connectivity index (χ0v) is 13.0. The second kappa shape index (κ2) is 9.07. The topological polar surface area (TPSA) is 78.4 Å². The summed E-state index contributed by atoms with van der Waals surface area (Å²) in [5, 5.41) is 11.5. The molecule has 24 heavy (non-hydrogen) atoms. The predicted molar refractivity (Wildman–Crippen MR) is 94.4 cm³/mol. The van der Waals surface area contributed by atoms with E-state index in [0.29, 0.717) is 0 Å². The van der Waals surface area contributed by atoms with Gasteiger partial charge in [-0.1, -0.05) is 48.5 Å². The summed E-state index contributed by atoms with van der Waals surface area (Å²) in [7, 11) is 0. The van der Waals surface area contributed by atoms with Crippen LogP contribution in [-0.4, -0.2) is 23.4 Å². The van der Waals surface area contributed by atoms with Gasteiger partial charge in [0.25, 0.3) is 5.91 Å². The molecular weight excluding hydrogens is 304 g/mol. The third-order valence-corrected chi connectivity index (χ3v) is 3.18. The van der Waals surface area contributed by atoms with Gasteiger partial charge in [-0.25, -0.2) is 5.48 Å². The van der Waals surface area contributed by atoms with Crippen LogP contribution in [0.25, 0.3) is 12.2 Å². The first-order chi connectivity index (χ1) is 11.7. The number of para-hydroxylation sites is 1. The van der Waals surface area contributed by atoms with E-state index in [2.05, 4.69) is 5.32 Å². The molecule has 0 atom stereocenters. The molecule has 0 aromatic heterocycles. The Labute approximate surface area is 140 Å². The molecule has 0 aliphatic heterocycles. The van der Waals surface area contributed by atoms with Gasteiger partial charge in [0.2, 0.25) is 0 Å². The van der Waals surface area contributed by atoms with E-state index < -0.39 is 5.91 Å². The highest BCUT2D eigenvalue weighted by Gasteiger charge is 1.97. The molecule has 2 aromatic carbocycles. The molecule has 3 N–H and O–H groups in total. The first-order valence-electron chi connectivity index (χ1n) is 7.39. The first-order valence-corrected chi connectivity index (χ1v) is 7.39. The van der Waals surface area contributed by atoms with Crippen molar-refractivity contribution in [3.05, 3.63) is 77.9 Å². The van der Waals surface area contributed by atoms with Gasteiger partial charge in [0.05, 0.1) is 6.54 Å². The Morgan fingerprint density at radius 2 is 1.46 bits per heavy atom. The van der Waals surface area contributed by atoms with Crippen molar-refractivity contribution in [2.24, 2.45) is 0 Å². The van der Waals surface area contributed by atoms with Gasteiger partial charge >= 0.3 is 0 Å². The van der Waals surface area contributed by atoms with Crippen LogP contribution in [0.3, 0.4) is 0 Å². The van der Waals surface area contributed by atoms with Gasteiger partial charge in [0, 0.05) is 11.8 Å². The number of benzene rings is 2. The van der Waals surface area contributed by atoms with E-state index in [9.17, 15) is 9.59 Å². The van der Waals surface area contributed by atoms with Crippen molar-refractivity contribution < 1.29 is 14.8 Å². The van der Waals surface area contributed by atoms with Gasteiger partial charge in [0.15, 0.2) is 5.78 Å². The number of anilines is 1. The Morgan fingerprint density at radius 1 is 0.875 bits per heavy atom. The number of amides is 1. The Hall–Kier alpha value is -3.18. The average molecular weight is 322 g/mol. The number of carbonyl (C=O) groups is 2. The van der Waals surface area contributed by atoms with E-state index in [1.807, 2.05) is 54.6 Å². The molecule has 0 unspecified atom stereocenters. The van der Waals surface area contributed by atoms with Crippen LogP contribution < -0.4 is 10.8 Å². The van der Waals surface area contributed by atoms with Crippen LogP contribution in [0.5, 0.6) is 0 Å².